The molecule has 0 radical (unpaired) electrons. The predicted octanol–water partition coefficient (Wildman–Crippen LogP) is 3.45. The highest BCUT2D eigenvalue weighted by atomic mass is 35.5. The molecule has 2 N–H and O–H groups in total. The van der Waals surface area contributed by atoms with Gasteiger partial charge in [0.05, 0.1) is 20.5 Å². The molecule has 0 unspecified atom stereocenters. The zero-order chi connectivity index (χ0) is 15.4. The van der Waals surface area contributed by atoms with Gasteiger partial charge in [0.15, 0.2) is 0 Å². The van der Waals surface area contributed by atoms with Crippen molar-refractivity contribution in [2.75, 3.05) is 11.9 Å². The summed E-state index contributed by atoms with van der Waals surface area (Å²) >= 11 is 7.11. The minimum atomic E-state index is -0.480. The SMILES string of the molecule is Cc1cc(C(=O)Nc2cc(F)ccc2Cl)sc1C#CCO. The third-order valence-electron chi connectivity index (χ3n) is 2.60. The maximum absolute atomic E-state index is 13.2. The molecule has 2 rings (SSSR count). The van der Waals surface area contributed by atoms with Crippen LogP contribution < -0.4 is 5.32 Å². The van der Waals surface area contributed by atoms with Crippen LogP contribution in [0.25, 0.3) is 0 Å². The molecular weight excluding hydrogens is 313 g/mol. The van der Waals surface area contributed by atoms with Gasteiger partial charge in [-0.25, -0.2) is 4.39 Å². The highest BCUT2D eigenvalue weighted by Gasteiger charge is 2.13. The highest BCUT2D eigenvalue weighted by molar-refractivity contribution is 7.14. The molecule has 1 aromatic heterocycles. The second-order valence-electron chi connectivity index (χ2n) is 4.16. The second-order valence-corrected chi connectivity index (χ2v) is 5.62. The van der Waals surface area contributed by atoms with Crippen molar-refractivity contribution in [2.45, 2.75) is 6.92 Å². The molecule has 0 aliphatic heterocycles. The Labute approximate surface area is 130 Å². The van der Waals surface area contributed by atoms with Crippen molar-refractivity contribution in [1.82, 2.24) is 0 Å². The number of carbonyl (C=O) groups excluding carboxylic acids is 1. The lowest BCUT2D eigenvalue weighted by molar-refractivity contribution is 0.103. The van der Waals surface area contributed by atoms with Gasteiger partial charge in [0.25, 0.3) is 5.91 Å². The first-order chi connectivity index (χ1) is 10.0. The van der Waals surface area contributed by atoms with Gasteiger partial charge in [0, 0.05) is 0 Å². The van der Waals surface area contributed by atoms with E-state index in [4.69, 9.17) is 16.7 Å². The molecule has 0 saturated heterocycles. The molecule has 0 aliphatic carbocycles. The van der Waals surface area contributed by atoms with Crippen LogP contribution in [0.3, 0.4) is 0 Å². The van der Waals surface area contributed by atoms with Gasteiger partial charge >= 0.3 is 0 Å². The quantitative estimate of drug-likeness (QED) is 0.832. The largest absolute Gasteiger partial charge is 0.384 e. The van der Waals surface area contributed by atoms with E-state index in [2.05, 4.69) is 17.2 Å². The van der Waals surface area contributed by atoms with Crippen LogP contribution in [0.15, 0.2) is 24.3 Å². The topological polar surface area (TPSA) is 49.3 Å². The fourth-order valence-electron chi connectivity index (χ4n) is 1.62. The molecule has 1 heterocycles. The third kappa shape index (κ3) is 3.82. The molecule has 0 aliphatic rings. The van der Waals surface area contributed by atoms with E-state index in [0.717, 1.165) is 11.6 Å². The molecule has 6 heteroatoms. The minimum Gasteiger partial charge on any atom is -0.384 e. The summed E-state index contributed by atoms with van der Waals surface area (Å²) in [5, 5.41) is 11.5. The van der Waals surface area contributed by atoms with Gasteiger partial charge in [-0.2, -0.15) is 0 Å². The monoisotopic (exact) mass is 323 g/mol. The number of amides is 1. The average molecular weight is 324 g/mol. The number of aliphatic hydroxyl groups is 1. The lowest BCUT2D eigenvalue weighted by atomic mass is 10.2. The number of hydrogen-bond acceptors (Lipinski definition) is 3. The fraction of sp³-hybridized carbons (Fsp3) is 0.133. The van der Waals surface area contributed by atoms with Gasteiger partial charge in [0.1, 0.15) is 12.4 Å². The maximum Gasteiger partial charge on any atom is 0.265 e. The molecule has 0 saturated carbocycles. The molecule has 2 aromatic rings. The first kappa shape index (κ1) is 15.5. The molecule has 3 nitrogen and oxygen atoms in total. The van der Waals surface area contributed by atoms with Crippen LogP contribution in [0.5, 0.6) is 0 Å². The minimum absolute atomic E-state index is 0.218. The van der Waals surface area contributed by atoms with Crippen LogP contribution in [-0.4, -0.2) is 17.6 Å². The Morgan fingerprint density at radius 3 is 2.95 bits per heavy atom. The highest BCUT2D eigenvalue weighted by Crippen LogP contribution is 2.25. The number of nitrogens with one attached hydrogen (secondary N) is 1. The Kier molecular flexibility index (Phi) is 4.97. The summed E-state index contributed by atoms with van der Waals surface area (Å²) in [6.45, 7) is 1.58. The Hall–Kier alpha value is -1.87. The predicted molar refractivity (Wildman–Crippen MR) is 82.4 cm³/mol. The number of carbonyl (C=O) groups is 1. The van der Waals surface area contributed by atoms with E-state index in [1.165, 1.54) is 23.5 Å². The molecule has 21 heavy (non-hydrogen) atoms. The molecule has 1 amide bonds. The molecule has 0 atom stereocenters. The number of aliphatic hydroxyl groups excluding tert-OH is 1. The van der Waals surface area contributed by atoms with E-state index >= 15 is 0 Å². The zero-order valence-electron chi connectivity index (χ0n) is 11.0. The molecule has 108 valence electrons. The fourth-order valence-corrected chi connectivity index (χ4v) is 2.72. The Morgan fingerprint density at radius 2 is 2.24 bits per heavy atom. The summed E-state index contributed by atoms with van der Waals surface area (Å²) in [5.41, 5.74) is 1.06. The lowest BCUT2D eigenvalue weighted by Crippen LogP contribution is -2.10. The molecular formula is C15H11ClFNO2S. The van der Waals surface area contributed by atoms with Gasteiger partial charge in [-0.1, -0.05) is 23.4 Å². The van der Waals surface area contributed by atoms with Crippen molar-refractivity contribution in [2.24, 2.45) is 0 Å². The molecule has 0 spiro atoms. The number of anilines is 1. The second kappa shape index (κ2) is 6.72. The maximum atomic E-state index is 13.2. The van der Waals surface area contributed by atoms with Gasteiger partial charge < -0.3 is 10.4 Å². The first-order valence-corrected chi connectivity index (χ1v) is 7.17. The number of thiophene rings is 1. The van der Waals surface area contributed by atoms with E-state index in [1.54, 1.807) is 6.07 Å². The number of benzene rings is 1. The van der Waals surface area contributed by atoms with Gasteiger partial charge in [-0.05, 0) is 36.8 Å². The van der Waals surface area contributed by atoms with Gasteiger partial charge in [-0.3, -0.25) is 4.79 Å². The van der Waals surface area contributed by atoms with E-state index in [0.29, 0.717) is 9.75 Å². The van der Waals surface area contributed by atoms with Crippen LogP contribution in [-0.2, 0) is 0 Å². The lowest BCUT2D eigenvalue weighted by Gasteiger charge is -2.05. The summed E-state index contributed by atoms with van der Waals surface area (Å²) in [6, 6.07) is 5.45. The van der Waals surface area contributed by atoms with Crippen LogP contribution in [0.2, 0.25) is 5.02 Å². The van der Waals surface area contributed by atoms with Crippen LogP contribution >= 0.6 is 22.9 Å². The van der Waals surface area contributed by atoms with Crippen LogP contribution in [0.1, 0.15) is 20.1 Å². The van der Waals surface area contributed by atoms with Crippen LogP contribution in [0.4, 0.5) is 10.1 Å². The van der Waals surface area contributed by atoms with E-state index < -0.39 is 5.82 Å². The summed E-state index contributed by atoms with van der Waals surface area (Å²) in [7, 11) is 0. The van der Waals surface area contributed by atoms with E-state index in [1.807, 2.05) is 6.92 Å². The Morgan fingerprint density at radius 1 is 1.48 bits per heavy atom. The van der Waals surface area contributed by atoms with Crippen molar-refractivity contribution in [3.8, 4) is 11.8 Å². The first-order valence-electron chi connectivity index (χ1n) is 5.98. The van der Waals surface area contributed by atoms with Gasteiger partial charge in [-0.15, -0.1) is 11.3 Å². The van der Waals surface area contributed by atoms with E-state index in [9.17, 15) is 9.18 Å². The summed E-state index contributed by atoms with van der Waals surface area (Å²) < 4.78 is 13.2. The molecule has 0 bridgehead atoms. The standard InChI is InChI=1S/C15H11ClFNO2S/c1-9-7-14(21-13(9)3-2-6-19)15(20)18-12-8-10(17)4-5-11(12)16/h4-5,7-8,19H,6H2,1H3,(H,18,20). The average Bonchev–Trinajstić information content (AvgIpc) is 2.82. The van der Waals surface area contributed by atoms with Crippen molar-refractivity contribution >= 4 is 34.5 Å². The van der Waals surface area contributed by atoms with Crippen molar-refractivity contribution in [3.63, 3.8) is 0 Å². The van der Waals surface area contributed by atoms with Crippen molar-refractivity contribution < 1.29 is 14.3 Å². The number of rotatable bonds is 2. The smallest absolute Gasteiger partial charge is 0.265 e. The third-order valence-corrected chi connectivity index (χ3v) is 4.08. The normalized spacial score (nSPS) is 9.90. The molecule has 0 fully saturated rings. The van der Waals surface area contributed by atoms with Gasteiger partial charge in [0.2, 0.25) is 0 Å². The summed E-state index contributed by atoms with van der Waals surface area (Å²) in [6.07, 6.45) is 0. The Balaban J connectivity index is 2.23. The Bertz CT molecular complexity index is 746. The summed E-state index contributed by atoms with van der Waals surface area (Å²) in [5.74, 6) is 4.45. The zero-order valence-corrected chi connectivity index (χ0v) is 12.6. The van der Waals surface area contributed by atoms with Crippen molar-refractivity contribution in [1.29, 1.82) is 0 Å². The van der Waals surface area contributed by atoms with Crippen LogP contribution in [0, 0.1) is 24.6 Å². The number of aryl methyl sites for hydroxylation is 1. The van der Waals surface area contributed by atoms with Crippen molar-refractivity contribution in [3.05, 3.63) is 50.4 Å². The number of halogens is 2. The summed E-state index contributed by atoms with van der Waals surface area (Å²) in [4.78, 5) is 13.3. The molecule has 1 aromatic carbocycles. The number of hydrogen-bond donors (Lipinski definition) is 2. The van der Waals surface area contributed by atoms with E-state index in [-0.39, 0.29) is 23.2 Å².